The average Bonchev–Trinajstić information content (AvgIpc) is 3.74. The number of amides is 2. The summed E-state index contributed by atoms with van der Waals surface area (Å²) in [5.41, 5.74) is 1.52. The lowest BCUT2D eigenvalue weighted by molar-refractivity contribution is -0.124. The van der Waals surface area contributed by atoms with Crippen LogP contribution < -0.4 is 5.32 Å². The smallest absolute Gasteiger partial charge is 0.254 e. The first-order valence-electron chi connectivity index (χ1n) is 14.1. The SMILES string of the molecule is CC[C@H](C)N(CCCNC(=O)[C@@H]1c2ccccc2C(=O)N(C2CCCC2)[C@@H]1c1cccs1)Cc1ccco1. The molecule has 202 valence electrons. The van der Waals surface area contributed by atoms with Gasteiger partial charge in [-0.25, -0.2) is 0 Å². The molecule has 1 aliphatic heterocycles. The van der Waals surface area contributed by atoms with Crippen molar-refractivity contribution in [2.45, 2.75) is 83.0 Å². The Balaban J connectivity index is 1.34. The molecule has 6 nitrogen and oxygen atoms in total. The van der Waals surface area contributed by atoms with Crippen molar-refractivity contribution in [2.75, 3.05) is 13.1 Å². The minimum atomic E-state index is -0.420. The summed E-state index contributed by atoms with van der Waals surface area (Å²) in [5.74, 6) is 0.616. The summed E-state index contributed by atoms with van der Waals surface area (Å²) in [4.78, 5) is 33.3. The molecule has 38 heavy (non-hydrogen) atoms. The van der Waals surface area contributed by atoms with E-state index in [2.05, 4.69) is 35.0 Å². The van der Waals surface area contributed by atoms with E-state index in [-0.39, 0.29) is 23.9 Å². The Kier molecular flexibility index (Phi) is 8.65. The monoisotopic (exact) mass is 533 g/mol. The second-order valence-corrected chi connectivity index (χ2v) is 11.6. The lowest BCUT2D eigenvalue weighted by Crippen LogP contribution is -2.50. The van der Waals surface area contributed by atoms with Gasteiger partial charge in [0.05, 0.1) is 24.8 Å². The number of thiophene rings is 1. The predicted octanol–water partition coefficient (Wildman–Crippen LogP) is 6.37. The Bertz CT molecular complexity index is 1190. The largest absolute Gasteiger partial charge is 0.468 e. The maximum Gasteiger partial charge on any atom is 0.254 e. The van der Waals surface area contributed by atoms with Crippen molar-refractivity contribution < 1.29 is 14.0 Å². The summed E-state index contributed by atoms with van der Waals surface area (Å²) in [6.45, 7) is 6.67. The Morgan fingerprint density at radius 2 is 1.97 bits per heavy atom. The molecule has 7 heteroatoms. The van der Waals surface area contributed by atoms with Crippen LogP contribution in [0.25, 0.3) is 0 Å². The summed E-state index contributed by atoms with van der Waals surface area (Å²) in [5, 5.41) is 5.31. The van der Waals surface area contributed by atoms with Crippen molar-refractivity contribution in [1.29, 1.82) is 0 Å². The highest BCUT2D eigenvalue weighted by Gasteiger charge is 2.47. The van der Waals surface area contributed by atoms with Gasteiger partial charge >= 0.3 is 0 Å². The zero-order valence-electron chi connectivity index (χ0n) is 22.5. The van der Waals surface area contributed by atoms with Gasteiger partial charge in [0.2, 0.25) is 5.91 Å². The van der Waals surface area contributed by atoms with Gasteiger partial charge in [-0.1, -0.05) is 44.0 Å². The summed E-state index contributed by atoms with van der Waals surface area (Å²) in [6, 6.07) is 16.1. The first-order chi connectivity index (χ1) is 18.6. The van der Waals surface area contributed by atoms with E-state index in [1.165, 1.54) is 0 Å². The van der Waals surface area contributed by atoms with Crippen molar-refractivity contribution >= 4 is 23.2 Å². The fraction of sp³-hybridized carbons (Fsp3) is 0.484. The maximum atomic E-state index is 14.0. The average molecular weight is 534 g/mol. The molecule has 0 saturated heterocycles. The number of rotatable bonds is 11. The van der Waals surface area contributed by atoms with Gasteiger partial charge in [-0.05, 0) is 67.8 Å². The number of carbonyl (C=O) groups excluding carboxylic acids is 2. The molecule has 3 heterocycles. The van der Waals surface area contributed by atoms with Crippen LogP contribution in [0.15, 0.2) is 64.6 Å². The Labute approximate surface area is 230 Å². The minimum Gasteiger partial charge on any atom is -0.468 e. The van der Waals surface area contributed by atoms with Crippen LogP contribution in [0, 0.1) is 0 Å². The Morgan fingerprint density at radius 1 is 1.16 bits per heavy atom. The van der Waals surface area contributed by atoms with Gasteiger partial charge in [-0.15, -0.1) is 11.3 Å². The van der Waals surface area contributed by atoms with Crippen LogP contribution in [0.2, 0.25) is 0 Å². The molecule has 1 fully saturated rings. The van der Waals surface area contributed by atoms with E-state index < -0.39 is 5.92 Å². The van der Waals surface area contributed by atoms with E-state index in [9.17, 15) is 9.59 Å². The number of hydrogen-bond acceptors (Lipinski definition) is 5. The van der Waals surface area contributed by atoms with Crippen LogP contribution >= 0.6 is 11.3 Å². The zero-order valence-corrected chi connectivity index (χ0v) is 23.3. The fourth-order valence-electron chi connectivity index (χ4n) is 6.10. The van der Waals surface area contributed by atoms with Gasteiger partial charge in [-0.3, -0.25) is 14.5 Å². The molecule has 2 amide bonds. The van der Waals surface area contributed by atoms with E-state index in [1.54, 1.807) is 17.6 Å². The van der Waals surface area contributed by atoms with Crippen LogP contribution in [0.4, 0.5) is 0 Å². The van der Waals surface area contributed by atoms with Gasteiger partial charge in [0.25, 0.3) is 5.91 Å². The molecule has 1 aromatic carbocycles. The second-order valence-electron chi connectivity index (χ2n) is 10.6. The van der Waals surface area contributed by atoms with E-state index in [1.807, 2.05) is 47.8 Å². The summed E-state index contributed by atoms with van der Waals surface area (Å²) in [6.07, 6.45) is 7.90. The highest BCUT2D eigenvalue weighted by atomic mass is 32.1. The second kappa shape index (κ2) is 12.3. The summed E-state index contributed by atoms with van der Waals surface area (Å²) < 4.78 is 5.58. The lowest BCUT2D eigenvalue weighted by Gasteiger charge is -2.44. The molecule has 0 bridgehead atoms. The molecule has 3 aromatic rings. The third-order valence-electron chi connectivity index (χ3n) is 8.29. The van der Waals surface area contributed by atoms with Gasteiger partial charge < -0.3 is 14.6 Å². The van der Waals surface area contributed by atoms with Gasteiger partial charge in [-0.2, -0.15) is 0 Å². The highest BCUT2D eigenvalue weighted by Crippen LogP contribution is 2.47. The number of fused-ring (bicyclic) bond motifs is 1. The normalized spacial score (nSPS) is 20.6. The van der Waals surface area contributed by atoms with Crippen molar-refractivity contribution in [3.05, 3.63) is 81.9 Å². The van der Waals surface area contributed by atoms with Crippen molar-refractivity contribution in [3.63, 3.8) is 0 Å². The molecular weight excluding hydrogens is 494 g/mol. The number of nitrogens with one attached hydrogen (secondary N) is 1. The number of benzene rings is 1. The third kappa shape index (κ3) is 5.59. The molecule has 2 aliphatic rings. The first kappa shape index (κ1) is 26.7. The first-order valence-corrected chi connectivity index (χ1v) is 15.0. The number of hydrogen-bond donors (Lipinski definition) is 1. The van der Waals surface area contributed by atoms with Crippen LogP contribution in [0.5, 0.6) is 0 Å². The molecule has 0 spiro atoms. The number of furan rings is 1. The molecule has 3 atom stereocenters. The molecule has 2 aromatic heterocycles. The number of carbonyl (C=O) groups is 2. The van der Waals surface area contributed by atoms with Gasteiger partial charge in [0.1, 0.15) is 5.76 Å². The van der Waals surface area contributed by atoms with Gasteiger partial charge in [0, 0.05) is 35.6 Å². The molecular formula is C31H39N3O3S. The van der Waals surface area contributed by atoms with Gasteiger partial charge in [0.15, 0.2) is 0 Å². The molecule has 0 unspecified atom stereocenters. The molecule has 1 N–H and O–H groups in total. The van der Waals surface area contributed by atoms with E-state index in [4.69, 9.17) is 4.42 Å². The standard InChI is InChI=1S/C31H39N3O3S/c1-3-22(2)33(21-24-13-8-19-37-24)18-10-17-32-30(35)28-25-14-6-7-15-26(25)31(36)34(23-11-4-5-12-23)29(28)27-16-9-20-38-27/h6-9,13-16,19-20,22-23,28-29H,3-5,10-12,17-18,21H2,1-2H3,(H,32,35)/t22-,28+,29+/m0/s1. The third-order valence-corrected chi connectivity index (χ3v) is 9.23. The summed E-state index contributed by atoms with van der Waals surface area (Å²) in [7, 11) is 0. The molecule has 1 aliphatic carbocycles. The van der Waals surface area contributed by atoms with Crippen LogP contribution in [-0.2, 0) is 11.3 Å². The van der Waals surface area contributed by atoms with Crippen molar-refractivity contribution in [3.8, 4) is 0 Å². The Hall–Kier alpha value is -2.90. The quantitative estimate of drug-likeness (QED) is 0.291. The van der Waals surface area contributed by atoms with Crippen LogP contribution in [-0.4, -0.2) is 46.8 Å². The Morgan fingerprint density at radius 3 is 2.68 bits per heavy atom. The van der Waals surface area contributed by atoms with E-state index in [0.717, 1.165) is 67.8 Å². The minimum absolute atomic E-state index is 0.00692. The summed E-state index contributed by atoms with van der Waals surface area (Å²) >= 11 is 1.64. The van der Waals surface area contributed by atoms with E-state index in [0.29, 0.717) is 18.2 Å². The van der Waals surface area contributed by atoms with Crippen LogP contribution in [0.3, 0.4) is 0 Å². The van der Waals surface area contributed by atoms with Crippen molar-refractivity contribution in [1.82, 2.24) is 15.1 Å². The molecule has 5 rings (SSSR count). The number of nitrogens with zero attached hydrogens (tertiary/aromatic N) is 2. The molecule has 0 radical (unpaired) electrons. The zero-order chi connectivity index (χ0) is 26.5. The topological polar surface area (TPSA) is 65.8 Å². The maximum absolute atomic E-state index is 14.0. The van der Waals surface area contributed by atoms with Crippen LogP contribution in [0.1, 0.15) is 90.9 Å². The predicted molar refractivity (Wildman–Crippen MR) is 151 cm³/mol. The van der Waals surface area contributed by atoms with Crippen molar-refractivity contribution in [2.24, 2.45) is 0 Å². The lowest BCUT2D eigenvalue weighted by atomic mass is 9.80. The fourth-order valence-corrected chi connectivity index (χ4v) is 6.96. The molecule has 1 saturated carbocycles. The highest BCUT2D eigenvalue weighted by molar-refractivity contribution is 7.10. The van der Waals surface area contributed by atoms with E-state index >= 15 is 0 Å².